The molecule has 0 radical (unpaired) electrons. The fraction of sp³-hybridized carbons (Fsp3) is 0.200. The molecule has 86 valence electrons. The quantitative estimate of drug-likeness (QED) is 0.686. The first-order valence-electron chi connectivity index (χ1n) is 5.78. The third-order valence-corrected chi connectivity index (χ3v) is 3.62. The summed E-state index contributed by atoms with van der Waals surface area (Å²) in [5, 5.41) is 0. The van der Waals surface area contributed by atoms with E-state index in [1.54, 1.807) is 0 Å². The van der Waals surface area contributed by atoms with Gasteiger partial charge in [0, 0.05) is 4.47 Å². The number of hydrogen-bond donors (Lipinski definition) is 0. The van der Waals surface area contributed by atoms with Crippen LogP contribution >= 0.6 is 15.9 Å². The number of rotatable bonds is 0. The van der Waals surface area contributed by atoms with Crippen molar-refractivity contribution in [1.82, 2.24) is 0 Å². The van der Waals surface area contributed by atoms with Crippen LogP contribution in [-0.4, -0.2) is 0 Å². The van der Waals surface area contributed by atoms with Crippen molar-refractivity contribution >= 4 is 15.9 Å². The average molecular weight is 289 g/mol. The van der Waals surface area contributed by atoms with Crippen LogP contribution in [0.1, 0.15) is 16.7 Å². The Bertz CT molecular complexity index is 524. The molecule has 0 atom stereocenters. The molecule has 2 heteroatoms. The number of benzene rings is 2. The Labute approximate surface area is 110 Å². The minimum Gasteiger partial charge on any atom is -0.457 e. The standard InChI is InChI=1S/C15H13BrO/c1-10-2-6-14-11(8-10)3-4-12-9-13(16)5-7-15(12)17-14/h2,5-9H,3-4H2,1H3. The zero-order valence-electron chi connectivity index (χ0n) is 9.66. The number of fused-ring (bicyclic) bond motifs is 2. The Morgan fingerprint density at radius 1 is 0.941 bits per heavy atom. The predicted octanol–water partition coefficient (Wildman–Crippen LogP) is 4.65. The summed E-state index contributed by atoms with van der Waals surface area (Å²) in [7, 11) is 0. The van der Waals surface area contributed by atoms with Crippen LogP contribution in [0.15, 0.2) is 40.9 Å². The Kier molecular flexibility index (Phi) is 2.67. The van der Waals surface area contributed by atoms with Crippen LogP contribution in [0.3, 0.4) is 0 Å². The number of halogens is 1. The SMILES string of the molecule is Cc1ccc2c(c1)CCc1cc(Br)ccc1O2. The molecule has 17 heavy (non-hydrogen) atoms. The van der Waals surface area contributed by atoms with Crippen molar-refractivity contribution in [3.63, 3.8) is 0 Å². The van der Waals surface area contributed by atoms with Gasteiger partial charge in [0.05, 0.1) is 0 Å². The third kappa shape index (κ3) is 2.09. The first-order chi connectivity index (χ1) is 8.22. The molecule has 0 bridgehead atoms. The molecule has 3 rings (SSSR count). The monoisotopic (exact) mass is 288 g/mol. The highest BCUT2D eigenvalue weighted by molar-refractivity contribution is 9.10. The van der Waals surface area contributed by atoms with Crippen molar-refractivity contribution in [2.45, 2.75) is 19.8 Å². The maximum absolute atomic E-state index is 5.99. The molecule has 1 heterocycles. The lowest BCUT2D eigenvalue weighted by Gasteiger charge is -2.09. The van der Waals surface area contributed by atoms with E-state index >= 15 is 0 Å². The fourth-order valence-electron chi connectivity index (χ4n) is 2.23. The second-order valence-corrected chi connectivity index (χ2v) is 5.38. The van der Waals surface area contributed by atoms with Gasteiger partial charge in [-0.15, -0.1) is 0 Å². The van der Waals surface area contributed by atoms with Gasteiger partial charge < -0.3 is 4.74 Å². The summed E-state index contributed by atoms with van der Waals surface area (Å²) in [6, 6.07) is 12.6. The molecule has 2 aromatic rings. The van der Waals surface area contributed by atoms with Gasteiger partial charge in [-0.3, -0.25) is 0 Å². The molecule has 0 saturated heterocycles. The maximum Gasteiger partial charge on any atom is 0.130 e. The smallest absolute Gasteiger partial charge is 0.130 e. The van der Waals surface area contributed by atoms with Crippen LogP contribution in [0.25, 0.3) is 0 Å². The highest BCUT2D eigenvalue weighted by atomic mass is 79.9. The molecule has 1 nitrogen and oxygen atoms in total. The summed E-state index contributed by atoms with van der Waals surface area (Å²) < 4.78 is 7.10. The Morgan fingerprint density at radius 3 is 2.35 bits per heavy atom. The predicted molar refractivity (Wildman–Crippen MR) is 72.8 cm³/mol. The van der Waals surface area contributed by atoms with E-state index in [9.17, 15) is 0 Å². The average Bonchev–Trinajstić information content (AvgIpc) is 2.48. The van der Waals surface area contributed by atoms with Gasteiger partial charge >= 0.3 is 0 Å². The second kappa shape index (κ2) is 4.19. The molecule has 0 aliphatic carbocycles. The number of ether oxygens (including phenoxy) is 1. The van der Waals surface area contributed by atoms with Crippen LogP contribution in [0.5, 0.6) is 11.5 Å². The van der Waals surface area contributed by atoms with E-state index in [0.717, 1.165) is 28.8 Å². The van der Waals surface area contributed by atoms with Gasteiger partial charge in [-0.05, 0) is 55.2 Å². The van der Waals surface area contributed by atoms with E-state index in [1.165, 1.54) is 16.7 Å². The largest absolute Gasteiger partial charge is 0.457 e. The zero-order valence-corrected chi connectivity index (χ0v) is 11.3. The molecule has 0 amide bonds. The number of hydrogen-bond acceptors (Lipinski definition) is 1. The van der Waals surface area contributed by atoms with Gasteiger partial charge in [-0.1, -0.05) is 33.6 Å². The molecule has 0 aromatic heterocycles. The first kappa shape index (κ1) is 10.8. The molecule has 2 aromatic carbocycles. The van der Waals surface area contributed by atoms with E-state index < -0.39 is 0 Å². The van der Waals surface area contributed by atoms with Crippen LogP contribution in [0, 0.1) is 6.92 Å². The van der Waals surface area contributed by atoms with E-state index in [4.69, 9.17) is 4.74 Å². The third-order valence-electron chi connectivity index (χ3n) is 3.12. The van der Waals surface area contributed by atoms with E-state index in [2.05, 4.69) is 47.1 Å². The van der Waals surface area contributed by atoms with E-state index in [1.807, 2.05) is 12.1 Å². The molecule has 0 unspecified atom stereocenters. The highest BCUT2D eigenvalue weighted by Crippen LogP contribution is 2.35. The normalized spacial score (nSPS) is 13.3. The van der Waals surface area contributed by atoms with Crippen molar-refractivity contribution in [3.8, 4) is 11.5 Å². The van der Waals surface area contributed by atoms with Gasteiger partial charge in [0.2, 0.25) is 0 Å². The van der Waals surface area contributed by atoms with Crippen molar-refractivity contribution in [2.75, 3.05) is 0 Å². The summed E-state index contributed by atoms with van der Waals surface area (Å²) >= 11 is 3.51. The van der Waals surface area contributed by atoms with Crippen LogP contribution < -0.4 is 4.74 Å². The Balaban J connectivity index is 2.07. The van der Waals surface area contributed by atoms with Crippen molar-refractivity contribution < 1.29 is 4.74 Å². The molecule has 0 N–H and O–H groups in total. The van der Waals surface area contributed by atoms with Gasteiger partial charge in [-0.25, -0.2) is 0 Å². The van der Waals surface area contributed by atoms with Crippen molar-refractivity contribution in [3.05, 3.63) is 57.6 Å². The topological polar surface area (TPSA) is 9.23 Å². The molecule has 1 aliphatic heterocycles. The first-order valence-corrected chi connectivity index (χ1v) is 6.57. The molecular weight excluding hydrogens is 276 g/mol. The van der Waals surface area contributed by atoms with Crippen LogP contribution in [-0.2, 0) is 12.8 Å². The maximum atomic E-state index is 5.99. The fourth-order valence-corrected chi connectivity index (χ4v) is 2.64. The lowest BCUT2D eigenvalue weighted by Crippen LogP contribution is -1.89. The molecular formula is C15H13BrO. The number of aryl methyl sites for hydroxylation is 3. The molecule has 0 saturated carbocycles. The lowest BCUT2D eigenvalue weighted by molar-refractivity contribution is 0.479. The highest BCUT2D eigenvalue weighted by Gasteiger charge is 2.14. The second-order valence-electron chi connectivity index (χ2n) is 4.47. The van der Waals surface area contributed by atoms with Crippen molar-refractivity contribution in [1.29, 1.82) is 0 Å². The Hall–Kier alpha value is -1.28. The minimum absolute atomic E-state index is 0.982. The molecule has 1 aliphatic rings. The van der Waals surface area contributed by atoms with Gasteiger partial charge in [0.25, 0.3) is 0 Å². The molecule has 0 spiro atoms. The summed E-state index contributed by atoms with van der Waals surface area (Å²) in [6.45, 7) is 2.12. The Morgan fingerprint density at radius 2 is 1.59 bits per heavy atom. The summed E-state index contributed by atoms with van der Waals surface area (Å²) in [6.07, 6.45) is 2.08. The lowest BCUT2D eigenvalue weighted by atomic mass is 10.0. The summed E-state index contributed by atoms with van der Waals surface area (Å²) in [5.41, 5.74) is 3.87. The zero-order chi connectivity index (χ0) is 11.8. The molecule has 0 fully saturated rings. The van der Waals surface area contributed by atoms with Crippen molar-refractivity contribution in [2.24, 2.45) is 0 Å². The summed E-state index contributed by atoms with van der Waals surface area (Å²) in [4.78, 5) is 0. The van der Waals surface area contributed by atoms with E-state index in [0.29, 0.717) is 0 Å². The summed E-state index contributed by atoms with van der Waals surface area (Å²) in [5.74, 6) is 1.98. The van der Waals surface area contributed by atoms with Crippen LogP contribution in [0.2, 0.25) is 0 Å². The van der Waals surface area contributed by atoms with Gasteiger partial charge in [0.15, 0.2) is 0 Å². The van der Waals surface area contributed by atoms with E-state index in [-0.39, 0.29) is 0 Å². The van der Waals surface area contributed by atoms with Crippen LogP contribution in [0.4, 0.5) is 0 Å². The van der Waals surface area contributed by atoms with Gasteiger partial charge in [-0.2, -0.15) is 0 Å². The minimum atomic E-state index is 0.982. The van der Waals surface area contributed by atoms with Gasteiger partial charge in [0.1, 0.15) is 11.5 Å².